The van der Waals surface area contributed by atoms with Crippen molar-refractivity contribution >= 4 is 0 Å². The summed E-state index contributed by atoms with van der Waals surface area (Å²) in [5.41, 5.74) is 5.46. The van der Waals surface area contributed by atoms with Gasteiger partial charge in [-0.05, 0) is 25.3 Å². The molecule has 1 heteroatoms. The second-order valence-electron chi connectivity index (χ2n) is 4.90. The predicted octanol–water partition coefficient (Wildman–Crippen LogP) is 4.12. The summed E-state index contributed by atoms with van der Waals surface area (Å²) in [5.74, 6) is 3.59. The Morgan fingerprint density at radius 1 is 0.938 bits per heavy atom. The van der Waals surface area contributed by atoms with E-state index in [-0.39, 0.29) is 0 Å². The molecule has 0 amide bonds. The Bertz CT molecular complexity index is 169. The summed E-state index contributed by atoms with van der Waals surface area (Å²) in [7, 11) is 0. The quantitative estimate of drug-likeness (QED) is 0.414. The molecule has 0 aromatic rings. The van der Waals surface area contributed by atoms with Crippen molar-refractivity contribution in [3.63, 3.8) is 0 Å². The molecule has 1 nitrogen and oxygen atoms in total. The van der Waals surface area contributed by atoms with Gasteiger partial charge >= 0.3 is 0 Å². The summed E-state index contributed by atoms with van der Waals surface area (Å²) in [4.78, 5) is 0. The van der Waals surface area contributed by atoms with Crippen molar-refractivity contribution in [3.8, 4) is 12.3 Å². The molecule has 16 heavy (non-hydrogen) atoms. The smallest absolute Gasteiger partial charge is 0.00860 e. The van der Waals surface area contributed by atoms with E-state index in [2.05, 4.69) is 12.8 Å². The summed E-state index contributed by atoms with van der Waals surface area (Å²) >= 11 is 0. The first kappa shape index (κ1) is 15.5. The fourth-order valence-corrected chi connectivity index (χ4v) is 2.03. The normalized spacial score (nSPS) is 12.3. The van der Waals surface area contributed by atoms with Crippen LogP contribution in [0.5, 0.6) is 0 Å². The van der Waals surface area contributed by atoms with Crippen LogP contribution in [0.25, 0.3) is 0 Å². The Labute approximate surface area is 102 Å². The summed E-state index contributed by atoms with van der Waals surface area (Å²) in [6.07, 6.45) is 18.0. The highest BCUT2D eigenvalue weighted by atomic mass is 14.5. The molecule has 0 saturated carbocycles. The fourth-order valence-electron chi connectivity index (χ4n) is 2.03. The first-order valence-electron chi connectivity index (χ1n) is 6.94. The number of rotatable bonds is 11. The lowest BCUT2D eigenvalue weighted by molar-refractivity contribution is 0.437. The number of hydrogen-bond acceptors (Lipinski definition) is 1. The molecule has 0 spiro atoms. The lowest BCUT2D eigenvalue weighted by atomic mass is 9.96. The second-order valence-corrected chi connectivity index (χ2v) is 4.90. The molecule has 1 atom stereocenters. The van der Waals surface area contributed by atoms with Crippen LogP contribution in [0.3, 0.4) is 0 Å². The topological polar surface area (TPSA) is 26.0 Å². The van der Waals surface area contributed by atoms with Crippen LogP contribution in [0.15, 0.2) is 0 Å². The highest BCUT2D eigenvalue weighted by Crippen LogP contribution is 2.17. The molecule has 0 aliphatic rings. The van der Waals surface area contributed by atoms with Gasteiger partial charge in [-0.3, -0.25) is 0 Å². The van der Waals surface area contributed by atoms with Crippen LogP contribution < -0.4 is 5.73 Å². The molecule has 0 aromatic heterocycles. The number of unbranched alkanes of at least 4 members (excludes halogenated alkanes) is 6. The predicted molar refractivity (Wildman–Crippen MR) is 73.2 cm³/mol. The molecule has 0 aromatic carbocycles. The zero-order valence-corrected chi connectivity index (χ0v) is 11.0. The molecule has 0 bridgehead atoms. The average molecular weight is 223 g/mol. The Balaban J connectivity index is 3.12. The van der Waals surface area contributed by atoms with Crippen LogP contribution in [-0.2, 0) is 0 Å². The van der Waals surface area contributed by atoms with Crippen LogP contribution in [0.4, 0.5) is 0 Å². The minimum atomic E-state index is 0.852. The monoisotopic (exact) mass is 223 g/mol. The van der Waals surface area contributed by atoms with Crippen LogP contribution in [-0.4, -0.2) is 6.54 Å². The zero-order chi connectivity index (χ0) is 12.1. The van der Waals surface area contributed by atoms with Gasteiger partial charge in [0.05, 0.1) is 0 Å². The maximum atomic E-state index is 5.46. The van der Waals surface area contributed by atoms with Gasteiger partial charge in [0.15, 0.2) is 0 Å². The molecular formula is C15H29N. The fraction of sp³-hybridized carbons (Fsp3) is 0.867. The molecule has 1 unspecified atom stereocenters. The third-order valence-corrected chi connectivity index (χ3v) is 3.17. The van der Waals surface area contributed by atoms with Gasteiger partial charge in [-0.25, -0.2) is 0 Å². The van der Waals surface area contributed by atoms with Crippen molar-refractivity contribution in [1.29, 1.82) is 0 Å². The van der Waals surface area contributed by atoms with Crippen molar-refractivity contribution in [2.75, 3.05) is 6.54 Å². The molecule has 0 radical (unpaired) electrons. The number of nitrogens with two attached hydrogens (primary N) is 1. The molecule has 0 saturated heterocycles. The van der Waals surface area contributed by atoms with E-state index >= 15 is 0 Å². The van der Waals surface area contributed by atoms with Crippen LogP contribution in [0.2, 0.25) is 0 Å². The van der Waals surface area contributed by atoms with E-state index in [1.165, 1.54) is 57.8 Å². The third kappa shape index (κ3) is 11.6. The Hall–Kier alpha value is -0.480. The van der Waals surface area contributed by atoms with Crippen molar-refractivity contribution in [1.82, 2.24) is 0 Å². The van der Waals surface area contributed by atoms with Gasteiger partial charge in [0, 0.05) is 6.42 Å². The van der Waals surface area contributed by atoms with Crippen LogP contribution >= 0.6 is 0 Å². The number of hydrogen-bond donors (Lipinski definition) is 1. The van der Waals surface area contributed by atoms with Crippen molar-refractivity contribution in [2.45, 2.75) is 71.1 Å². The highest BCUT2D eigenvalue weighted by Gasteiger charge is 2.01. The molecule has 94 valence electrons. The van der Waals surface area contributed by atoms with Gasteiger partial charge in [-0.1, -0.05) is 51.9 Å². The van der Waals surface area contributed by atoms with Gasteiger partial charge < -0.3 is 5.73 Å². The van der Waals surface area contributed by atoms with Crippen LogP contribution in [0, 0.1) is 18.3 Å². The number of terminal acetylenes is 1. The van der Waals surface area contributed by atoms with E-state index in [0.717, 1.165) is 18.9 Å². The van der Waals surface area contributed by atoms with Gasteiger partial charge in [-0.2, -0.15) is 0 Å². The molecular weight excluding hydrogens is 194 g/mol. The first-order valence-corrected chi connectivity index (χ1v) is 6.94. The molecule has 0 aliphatic heterocycles. The van der Waals surface area contributed by atoms with Gasteiger partial charge in [0.25, 0.3) is 0 Å². The van der Waals surface area contributed by atoms with Crippen molar-refractivity contribution < 1.29 is 0 Å². The SMILES string of the molecule is C#CCCCCCC(C)CCCCCCN. The summed E-state index contributed by atoms with van der Waals surface area (Å²) in [5, 5.41) is 0. The van der Waals surface area contributed by atoms with Gasteiger partial charge in [0.2, 0.25) is 0 Å². The van der Waals surface area contributed by atoms with E-state index in [9.17, 15) is 0 Å². The maximum Gasteiger partial charge on any atom is 0.00860 e. The largest absolute Gasteiger partial charge is 0.330 e. The Kier molecular flexibility index (Phi) is 12.2. The first-order chi connectivity index (χ1) is 7.81. The minimum Gasteiger partial charge on any atom is -0.330 e. The van der Waals surface area contributed by atoms with E-state index in [1.807, 2.05) is 0 Å². The summed E-state index contributed by atoms with van der Waals surface area (Å²) < 4.78 is 0. The van der Waals surface area contributed by atoms with E-state index in [0.29, 0.717) is 0 Å². The minimum absolute atomic E-state index is 0.852. The second kappa shape index (κ2) is 12.6. The lowest BCUT2D eigenvalue weighted by Crippen LogP contribution is -1.98. The Morgan fingerprint density at radius 2 is 1.50 bits per heavy atom. The van der Waals surface area contributed by atoms with E-state index in [4.69, 9.17) is 12.2 Å². The summed E-state index contributed by atoms with van der Waals surface area (Å²) in [6, 6.07) is 0. The molecule has 0 rings (SSSR count). The van der Waals surface area contributed by atoms with Gasteiger partial charge in [-0.15, -0.1) is 12.3 Å². The standard InChI is InChI=1S/C15H29N/c1-3-4-5-6-9-12-15(2)13-10-7-8-11-14-16/h1,15H,4-14,16H2,2H3. The zero-order valence-electron chi connectivity index (χ0n) is 11.0. The Morgan fingerprint density at radius 3 is 2.06 bits per heavy atom. The highest BCUT2D eigenvalue weighted by molar-refractivity contribution is 4.82. The van der Waals surface area contributed by atoms with Crippen molar-refractivity contribution in [2.24, 2.45) is 11.7 Å². The molecule has 0 fully saturated rings. The average Bonchev–Trinajstić information content (AvgIpc) is 2.28. The van der Waals surface area contributed by atoms with Crippen LogP contribution in [0.1, 0.15) is 71.1 Å². The van der Waals surface area contributed by atoms with E-state index in [1.54, 1.807) is 0 Å². The molecule has 0 heterocycles. The maximum absolute atomic E-state index is 5.46. The third-order valence-electron chi connectivity index (χ3n) is 3.17. The van der Waals surface area contributed by atoms with Gasteiger partial charge in [0.1, 0.15) is 0 Å². The molecule has 2 N–H and O–H groups in total. The lowest BCUT2D eigenvalue weighted by Gasteiger charge is -2.10. The van der Waals surface area contributed by atoms with E-state index < -0.39 is 0 Å². The van der Waals surface area contributed by atoms with Crippen molar-refractivity contribution in [3.05, 3.63) is 0 Å². The summed E-state index contributed by atoms with van der Waals surface area (Å²) in [6.45, 7) is 3.23. The molecule has 0 aliphatic carbocycles.